The Morgan fingerprint density at radius 3 is 2.91 bits per heavy atom. The summed E-state index contributed by atoms with van der Waals surface area (Å²) >= 11 is 0. The number of carboxylic acid groups (broad SMARTS) is 1. The topological polar surface area (TPSA) is 37.3 Å². The molecule has 1 rings (SSSR count). The third-order valence-corrected chi connectivity index (χ3v) is 1.48. The highest BCUT2D eigenvalue weighted by atomic mass is 16.4. The van der Waals surface area contributed by atoms with Gasteiger partial charge in [0.1, 0.15) is 0 Å². The quantitative estimate of drug-likeness (QED) is 0.482. The van der Waals surface area contributed by atoms with Crippen molar-refractivity contribution in [1.29, 1.82) is 0 Å². The first-order valence-electron chi connectivity index (χ1n) is 3.54. The van der Waals surface area contributed by atoms with Crippen molar-refractivity contribution in [3.8, 4) is 0 Å². The van der Waals surface area contributed by atoms with E-state index in [-0.39, 0.29) is 0 Å². The van der Waals surface area contributed by atoms with Gasteiger partial charge in [0.15, 0.2) is 0 Å². The molecular weight excluding hydrogens is 140 g/mol. The van der Waals surface area contributed by atoms with Crippen LogP contribution in [0.25, 0.3) is 0 Å². The van der Waals surface area contributed by atoms with Gasteiger partial charge in [0.2, 0.25) is 0 Å². The maximum Gasteiger partial charge on any atom is 0.328 e. The second-order valence-corrected chi connectivity index (χ2v) is 2.36. The summed E-state index contributed by atoms with van der Waals surface area (Å²) in [6.07, 6.45) is 10.7. The molecule has 1 aliphatic rings. The molecule has 2 nitrogen and oxygen atoms in total. The lowest BCUT2D eigenvalue weighted by Crippen LogP contribution is -1.88. The molecule has 0 fully saturated rings. The Morgan fingerprint density at radius 2 is 2.36 bits per heavy atom. The SMILES string of the molecule is O=C(O)C=CC1=CCC=CC1. The zero-order valence-corrected chi connectivity index (χ0v) is 6.16. The zero-order chi connectivity index (χ0) is 8.10. The van der Waals surface area contributed by atoms with Crippen molar-refractivity contribution in [3.05, 3.63) is 36.0 Å². The molecule has 0 aromatic heterocycles. The molecular formula is C9H10O2. The lowest BCUT2D eigenvalue weighted by atomic mass is 10.1. The van der Waals surface area contributed by atoms with E-state index in [0.29, 0.717) is 0 Å². The average molecular weight is 150 g/mol. The Hall–Kier alpha value is -1.31. The van der Waals surface area contributed by atoms with Gasteiger partial charge >= 0.3 is 5.97 Å². The summed E-state index contributed by atoms with van der Waals surface area (Å²) in [7, 11) is 0. The van der Waals surface area contributed by atoms with Crippen LogP contribution in [0.4, 0.5) is 0 Å². The Balaban J connectivity index is 2.49. The lowest BCUT2D eigenvalue weighted by Gasteiger charge is -2.00. The number of allylic oxidation sites excluding steroid dienone is 5. The Morgan fingerprint density at radius 1 is 1.55 bits per heavy atom. The normalized spacial score (nSPS) is 16.9. The zero-order valence-electron chi connectivity index (χ0n) is 6.16. The van der Waals surface area contributed by atoms with Gasteiger partial charge in [-0.3, -0.25) is 0 Å². The second-order valence-electron chi connectivity index (χ2n) is 2.36. The van der Waals surface area contributed by atoms with Crippen molar-refractivity contribution in [2.24, 2.45) is 0 Å². The van der Waals surface area contributed by atoms with Gasteiger partial charge in [0, 0.05) is 6.08 Å². The molecule has 0 bridgehead atoms. The van der Waals surface area contributed by atoms with Gasteiger partial charge in [0.05, 0.1) is 0 Å². The van der Waals surface area contributed by atoms with Crippen LogP contribution in [0.3, 0.4) is 0 Å². The minimum atomic E-state index is -0.888. The Bertz CT molecular complexity index is 234. The maximum atomic E-state index is 10.1. The van der Waals surface area contributed by atoms with Gasteiger partial charge in [-0.05, 0) is 18.4 Å². The van der Waals surface area contributed by atoms with Crippen molar-refractivity contribution in [1.82, 2.24) is 0 Å². The van der Waals surface area contributed by atoms with Gasteiger partial charge in [-0.2, -0.15) is 0 Å². The van der Waals surface area contributed by atoms with Crippen LogP contribution in [0.1, 0.15) is 12.8 Å². The first-order valence-corrected chi connectivity index (χ1v) is 3.54. The van der Waals surface area contributed by atoms with E-state index in [1.54, 1.807) is 6.08 Å². The van der Waals surface area contributed by atoms with Crippen LogP contribution in [-0.2, 0) is 4.79 Å². The third-order valence-electron chi connectivity index (χ3n) is 1.48. The van der Waals surface area contributed by atoms with Crippen LogP contribution >= 0.6 is 0 Å². The molecule has 2 heteroatoms. The Kier molecular flexibility index (Phi) is 2.66. The van der Waals surface area contributed by atoms with E-state index in [1.807, 2.05) is 12.2 Å². The van der Waals surface area contributed by atoms with E-state index in [2.05, 4.69) is 6.08 Å². The Labute approximate surface area is 65.5 Å². The molecule has 0 saturated heterocycles. The minimum Gasteiger partial charge on any atom is -0.478 e. The summed E-state index contributed by atoms with van der Waals surface area (Å²) in [4.78, 5) is 10.1. The highest BCUT2D eigenvalue weighted by Crippen LogP contribution is 2.11. The summed E-state index contributed by atoms with van der Waals surface area (Å²) in [5, 5.41) is 8.31. The van der Waals surface area contributed by atoms with Crippen LogP contribution in [0.15, 0.2) is 36.0 Å². The van der Waals surface area contributed by atoms with E-state index in [1.165, 1.54) is 6.08 Å². The van der Waals surface area contributed by atoms with Crippen molar-refractivity contribution in [2.45, 2.75) is 12.8 Å². The monoisotopic (exact) mass is 150 g/mol. The van der Waals surface area contributed by atoms with Crippen LogP contribution in [0.5, 0.6) is 0 Å². The van der Waals surface area contributed by atoms with Crippen molar-refractivity contribution >= 4 is 5.97 Å². The second kappa shape index (κ2) is 3.76. The predicted molar refractivity (Wildman–Crippen MR) is 43.2 cm³/mol. The molecule has 0 aromatic carbocycles. The molecule has 0 heterocycles. The summed E-state index contributed by atoms with van der Waals surface area (Å²) in [6, 6.07) is 0. The van der Waals surface area contributed by atoms with Gasteiger partial charge in [-0.15, -0.1) is 0 Å². The number of hydrogen-bond acceptors (Lipinski definition) is 1. The van der Waals surface area contributed by atoms with Crippen molar-refractivity contribution < 1.29 is 9.90 Å². The summed E-state index contributed by atoms with van der Waals surface area (Å²) < 4.78 is 0. The minimum absolute atomic E-state index is 0.851. The molecule has 1 N–H and O–H groups in total. The van der Waals surface area contributed by atoms with E-state index < -0.39 is 5.97 Å². The average Bonchev–Trinajstić information content (AvgIpc) is 2.03. The summed E-state index contributed by atoms with van der Waals surface area (Å²) in [6.45, 7) is 0. The van der Waals surface area contributed by atoms with Crippen LogP contribution in [0.2, 0.25) is 0 Å². The van der Waals surface area contributed by atoms with Gasteiger partial charge in [-0.1, -0.05) is 24.3 Å². The van der Waals surface area contributed by atoms with E-state index in [9.17, 15) is 4.79 Å². The molecule has 0 spiro atoms. The molecule has 0 amide bonds. The fourth-order valence-electron chi connectivity index (χ4n) is 0.933. The van der Waals surface area contributed by atoms with Crippen molar-refractivity contribution in [2.75, 3.05) is 0 Å². The first kappa shape index (κ1) is 7.79. The molecule has 0 radical (unpaired) electrons. The van der Waals surface area contributed by atoms with E-state index in [0.717, 1.165) is 18.4 Å². The van der Waals surface area contributed by atoms with E-state index in [4.69, 9.17) is 5.11 Å². The molecule has 0 aromatic rings. The summed E-state index contributed by atoms with van der Waals surface area (Å²) in [5.74, 6) is -0.888. The molecule has 0 saturated carbocycles. The predicted octanol–water partition coefficient (Wildman–Crippen LogP) is 1.90. The molecule has 58 valence electrons. The molecule has 11 heavy (non-hydrogen) atoms. The molecule has 0 unspecified atom stereocenters. The van der Waals surface area contributed by atoms with Gasteiger partial charge in [-0.25, -0.2) is 4.79 Å². The molecule has 1 aliphatic carbocycles. The highest BCUT2D eigenvalue weighted by molar-refractivity contribution is 5.80. The lowest BCUT2D eigenvalue weighted by molar-refractivity contribution is -0.131. The summed E-state index contributed by atoms with van der Waals surface area (Å²) in [5.41, 5.74) is 1.08. The highest BCUT2D eigenvalue weighted by Gasteiger charge is 1.94. The maximum absolute atomic E-state index is 10.1. The molecule has 0 aliphatic heterocycles. The van der Waals surface area contributed by atoms with Crippen molar-refractivity contribution in [3.63, 3.8) is 0 Å². The number of carboxylic acids is 1. The number of rotatable bonds is 2. The molecule has 0 atom stereocenters. The van der Waals surface area contributed by atoms with E-state index >= 15 is 0 Å². The van der Waals surface area contributed by atoms with Gasteiger partial charge in [0.25, 0.3) is 0 Å². The number of hydrogen-bond donors (Lipinski definition) is 1. The first-order chi connectivity index (χ1) is 5.29. The standard InChI is InChI=1S/C9H10O2/c10-9(11)7-6-8-4-2-1-3-5-8/h1-2,5-7H,3-4H2,(H,10,11). The fraction of sp³-hybridized carbons (Fsp3) is 0.222. The van der Waals surface area contributed by atoms with Crippen LogP contribution < -0.4 is 0 Å². The fourth-order valence-corrected chi connectivity index (χ4v) is 0.933. The third kappa shape index (κ3) is 2.85. The number of carbonyl (C=O) groups is 1. The largest absolute Gasteiger partial charge is 0.478 e. The van der Waals surface area contributed by atoms with Crippen LogP contribution in [0, 0.1) is 0 Å². The van der Waals surface area contributed by atoms with Gasteiger partial charge < -0.3 is 5.11 Å². The number of aliphatic carboxylic acids is 1. The smallest absolute Gasteiger partial charge is 0.328 e. The van der Waals surface area contributed by atoms with Crippen LogP contribution in [-0.4, -0.2) is 11.1 Å².